The zero-order valence-corrected chi connectivity index (χ0v) is 18.5. The predicted octanol–water partition coefficient (Wildman–Crippen LogP) is 4.12. The number of H-pyrrole nitrogens is 1. The van der Waals surface area contributed by atoms with Gasteiger partial charge < -0.3 is 10.1 Å². The minimum Gasteiger partial charge on any atom is -0.379 e. The first-order valence-corrected chi connectivity index (χ1v) is 10.9. The smallest absolute Gasteiger partial charge is 0.379 e. The van der Waals surface area contributed by atoms with Crippen LogP contribution in [0.25, 0.3) is 22.0 Å². The van der Waals surface area contributed by atoms with Crippen LogP contribution >= 0.6 is 0 Å². The second kappa shape index (κ2) is 9.43. The summed E-state index contributed by atoms with van der Waals surface area (Å²) in [5.41, 5.74) is 2.70. The van der Waals surface area contributed by atoms with E-state index in [9.17, 15) is 18.0 Å². The number of carbonyl (C=O) groups is 1. The first kappa shape index (κ1) is 22.9. The molecule has 5 rings (SSSR count). The van der Waals surface area contributed by atoms with E-state index < -0.39 is 17.6 Å². The van der Waals surface area contributed by atoms with E-state index in [0.29, 0.717) is 17.1 Å². The largest absolute Gasteiger partial charge is 0.417 e. The van der Waals surface area contributed by atoms with Crippen molar-refractivity contribution in [3.05, 3.63) is 71.8 Å². The number of nitrogens with one attached hydrogen (secondary N) is 2. The predicted molar refractivity (Wildman–Crippen MR) is 123 cm³/mol. The Morgan fingerprint density at radius 2 is 1.89 bits per heavy atom. The molecule has 3 aromatic heterocycles. The van der Waals surface area contributed by atoms with Gasteiger partial charge in [-0.05, 0) is 41.5 Å². The average molecular weight is 482 g/mol. The minimum absolute atomic E-state index is 0.00433. The maximum atomic E-state index is 12.8. The third-order valence-electron chi connectivity index (χ3n) is 5.75. The van der Waals surface area contributed by atoms with Gasteiger partial charge in [0, 0.05) is 49.2 Å². The highest BCUT2D eigenvalue weighted by Gasteiger charge is 2.30. The van der Waals surface area contributed by atoms with Crippen LogP contribution in [0.15, 0.2) is 55.0 Å². The number of hydrogen-bond donors (Lipinski definition) is 2. The van der Waals surface area contributed by atoms with Crippen molar-refractivity contribution >= 4 is 22.6 Å². The van der Waals surface area contributed by atoms with Crippen molar-refractivity contribution in [3.8, 4) is 11.1 Å². The van der Waals surface area contributed by atoms with Crippen LogP contribution in [0.5, 0.6) is 0 Å². The Hall–Kier alpha value is -3.83. The molecule has 0 atom stereocenters. The lowest BCUT2D eigenvalue weighted by Gasteiger charge is -2.26. The van der Waals surface area contributed by atoms with Gasteiger partial charge in [0.15, 0.2) is 5.69 Å². The summed E-state index contributed by atoms with van der Waals surface area (Å²) in [6.07, 6.45) is -0.229. The average Bonchev–Trinajstić information content (AvgIpc) is 3.28. The van der Waals surface area contributed by atoms with Gasteiger partial charge in [-0.15, -0.1) is 0 Å². The van der Waals surface area contributed by atoms with Gasteiger partial charge in [0.1, 0.15) is 5.82 Å². The van der Waals surface area contributed by atoms with Crippen LogP contribution in [0.4, 0.5) is 19.0 Å². The number of ether oxygens (including phenoxy) is 1. The van der Waals surface area contributed by atoms with E-state index in [1.54, 1.807) is 6.20 Å². The number of carbonyl (C=O) groups excluding carboxylic acids is 1. The van der Waals surface area contributed by atoms with Crippen molar-refractivity contribution < 1.29 is 22.7 Å². The normalized spacial score (nSPS) is 14.8. The Balaban J connectivity index is 1.37. The van der Waals surface area contributed by atoms with E-state index in [-0.39, 0.29) is 11.5 Å². The molecular weight excluding hydrogens is 461 g/mol. The van der Waals surface area contributed by atoms with Crippen LogP contribution in [0.2, 0.25) is 0 Å². The van der Waals surface area contributed by atoms with E-state index >= 15 is 0 Å². The van der Waals surface area contributed by atoms with E-state index in [1.807, 2.05) is 24.4 Å². The van der Waals surface area contributed by atoms with Crippen LogP contribution in [0.3, 0.4) is 0 Å². The van der Waals surface area contributed by atoms with E-state index in [2.05, 4.69) is 36.4 Å². The zero-order valence-electron chi connectivity index (χ0n) is 18.5. The third-order valence-corrected chi connectivity index (χ3v) is 5.75. The Morgan fingerprint density at radius 3 is 2.63 bits per heavy atom. The summed E-state index contributed by atoms with van der Waals surface area (Å²) < 4.78 is 43.6. The van der Waals surface area contributed by atoms with Gasteiger partial charge in [0.25, 0.3) is 5.91 Å². The molecule has 180 valence electrons. The van der Waals surface area contributed by atoms with Gasteiger partial charge in [0.05, 0.1) is 24.3 Å². The summed E-state index contributed by atoms with van der Waals surface area (Å²) in [5.74, 6) is -0.588. The summed E-state index contributed by atoms with van der Waals surface area (Å²) in [5, 5.41) is 9.99. The van der Waals surface area contributed by atoms with Crippen LogP contribution in [0, 0.1) is 0 Å². The third kappa shape index (κ3) is 5.15. The number of amides is 1. The van der Waals surface area contributed by atoms with Gasteiger partial charge >= 0.3 is 6.18 Å². The molecule has 1 aromatic carbocycles. The molecule has 0 radical (unpaired) electrons. The molecule has 1 fully saturated rings. The molecule has 4 heterocycles. The Bertz CT molecular complexity index is 1350. The van der Waals surface area contributed by atoms with Crippen molar-refractivity contribution in [2.24, 2.45) is 0 Å². The maximum Gasteiger partial charge on any atom is 0.417 e. The summed E-state index contributed by atoms with van der Waals surface area (Å²) in [6, 6.07) is 9.60. The lowest BCUT2D eigenvalue weighted by molar-refractivity contribution is -0.137. The molecule has 8 nitrogen and oxygen atoms in total. The molecule has 0 spiro atoms. The molecule has 2 N–H and O–H groups in total. The number of nitrogens with zero attached hydrogens (tertiary/aromatic N) is 4. The summed E-state index contributed by atoms with van der Waals surface area (Å²) in [4.78, 5) is 23.2. The first-order valence-electron chi connectivity index (χ1n) is 10.9. The summed E-state index contributed by atoms with van der Waals surface area (Å²) in [7, 11) is 0. The number of halogens is 3. The summed E-state index contributed by atoms with van der Waals surface area (Å²) >= 11 is 0. The highest BCUT2D eigenvalue weighted by molar-refractivity contribution is 6.11. The number of anilines is 1. The number of morpholine rings is 1. The summed E-state index contributed by atoms with van der Waals surface area (Å²) in [6.45, 7) is 3.95. The fourth-order valence-electron chi connectivity index (χ4n) is 3.93. The zero-order chi connectivity index (χ0) is 24.4. The highest BCUT2D eigenvalue weighted by Crippen LogP contribution is 2.29. The fraction of sp³-hybridized carbons (Fsp3) is 0.250. The number of rotatable bonds is 5. The van der Waals surface area contributed by atoms with Gasteiger partial charge in [-0.1, -0.05) is 6.07 Å². The maximum absolute atomic E-state index is 12.8. The van der Waals surface area contributed by atoms with Crippen LogP contribution < -0.4 is 5.32 Å². The topological polar surface area (TPSA) is 96.0 Å². The van der Waals surface area contributed by atoms with Gasteiger partial charge in [-0.25, -0.2) is 4.98 Å². The molecule has 0 unspecified atom stereocenters. The second-order valence-corrected chi connectivity index (χ2v) is 8.19. The Labute approximate surface area is 198 Å². The Morgan fingerprint density at radius 1 is 1.06 bits per heavy atom. The lowest BCUT2D eigenvalue weighted by atomic mass is 10.0. The number of benzene rings is 1. The number of aromatic nitrogens is 4. The SMILES string of the molecule is O=C(Nc1ccc(C(F)(F)F)cn1)c1n[nH]c2ccc(-c3cncc(CN4CCOCC4)c3)cc12. The number of alkyl halides is 3. The van der Waals surface area contributed by atoms with Crippen LogP contribution in [-0.2, 0) is 17.5 Å². The van der Waals surface area contributed by atoms with E-state index in [4.69, 9.17) is 4.74 Å². The highest BCUT2D eigenvalue weighted by atomic mass is 19.4. The van der Waals surface area contributed by atoms with Crippen molar-refractivity contribution in [1.82, 2.24) is 25.1 Å². The van der Waals surface area contributed by atoms with Crippen molar-refractivity contribution in [1.29, 1.82) is 0 Å². The van der Waals surface area contributed by atoms with Gasteiger partial charge in [0.2, 0.25) is 0 Å². The van der Waals surface area contributed by atoms with E-state index in [1.165, 1.54) is 0 Å². The van der Waals surface area contributed by atoms with Crippen molar-refractivity contribution in [3.63, 3.8) is 0 Å². The molecule has 1 amide bonds. The molecular formula is C24H21F3N6O2. The number of pyridine rings is 2. The van der Waals surface area contributed by atoms with Crippen LogP contribution in [0.1, 0.15) is 21.6 Å². The second-order valence-electron chi connectivity index (χ2n) is 8.19. The number of fused-ring (bicyclic) bond motifs is 1. The van der Waals surface area contributed by atoms with E-state index in [0.717, 1.165) is 61.7 Å². The molecule has 0 aliphatic carbocycles. The number of aromatic amines is 1. The monoisotopic (exact) mass is 482 g/mol. The lowest BCUT2D eigenvalue weighted by Crippen LogP contribution is -2.35. The quantitative estimate of drug-likeness (QED) is 0.444. The number of hydrogen-bond acceptors (Lipinski definition) is 6. The van der Waals surface area contributed by atoms with Crippen molar-refractivity contribution in [2.45, 2.75) is 12.7 Å². The molecule has 1 aliphatic rings. The standard InChI is InChI=1S/C24H21F3N6O2/c25-24(26,27)18-2-4-21(29-13-18)30-23(34)22-19-10-16(1-3-20(19)31-32-22)17-9-15(11-28-12-17)14-33-5-7-35-8-6-33/h1-4,9-13H,5-8,14H2,(H,31,32)(H,29,30,34). The van der Waals surface area contributed by atoms with Gasteiger partial charge in [-0.3, -0.25) is 19.8 Å². The molecule has 1 saturated heterocycles. The Kier molecular flexibility index (Phi) is 6.18. The minimum atomic E-state index is -4.50. The molecule has 11 heteroatoms. The van der Waals surface area contributed by atoms with Gasteiger partial charge in [-0.2, -0.15) is 18.3 Å². The molecule has 1 aliphatic heterocycles. The fourth-order valence-corrected chi connectivity index (χ4v) is 3.93. The molecule has 0 saturated carbocycles. The molecule has 0 bridgehead atoms. The molecule has 4 aromatic rings. The van der Waals surface area contributed by atoms with Crippen LogP contribution in [-0.4, -0.2) is 57.3 Å². The van der Waals surface area contributed by atoms with Crippen molar-refractivity contribution in [2.75, 3.05) is 31.6 Å². The first-order chi connectivity index (χ1) is 16.9. The molecule has 35 heavy (non-hydrogen) atoms.